The Balaban J connectivity index is 3.59. The van der Waals surface area contributed by atoms with Gasteiger partial charge >= 0.3 is 0 Å². The van der Waals surface area contributed by atoms with Gasteiger partial charge < -0.3 is 5.73 Å². The average Bonchev–Trinajstić information content (AvgIpc) is 2.10. The van der Waals surface area contributed by atoms with E-state index in [-0.39, 0.29) is 0 Å². The zero-order chi connectivity index (χ0) is 10.0. The number of hydrogen-bond acceptors (Lipinski definition) is 1. The van der Waals surface area contributed by atoms with E-state index in [4.69, 9.17) is 5.73 Å². The van der Waals surface area contributed by atoms with Crippen molar-refractivity contribution in [1.82, 2.24) is 0 Å². The van der Waals surface area contributed by atoms with Gasteiger partial charge in [-0.3, -0.25) is 0 Å². The third-order valence-electron chi connectivity index (χ3n) is 2.27. The zero-order valence-electron chi connectivity index (χ0n) is 8.22. The van der Waals surface area contributed by atoms with Crippen molar-refractivity contribution in [1.29, 1.82) is 0 Å². The first kappa shape index (κ1) is 9.59. The van der Waals surface area contributed by atoms with Gasteiger partial charge in [0.1, 0.15) is 0 Å². The van der Waals surface area contributed by atoms with Crippen molar-refractivity contribution >= 4 is 17.8 Å². The van der Waals surface area contributed by atoms with Gasteiger partial charge in [-0.1, -0.05) is 31.4 Å². The van der Waals surface area contributed by atoms with Gasteiger partial charge in [0.25, 0.3) is 0 Å². The molecular formula is C12H15N. The van der Waals surface area contributed by atoms with Crippen molar-refractivity contribution in [3.8, 4) is 0 Å². The van der Waals surface area contributed by atoms with Crippen LogP contribution in [0, 0.1) is 13.8 Å². The summed E-state index contributed by atoms with van der Waals surface area (Å²) in [6.07, 6.45) is 3.61. The largest absolute Gasteiger partial charge is 0.398 e. The second-order valence-corrected chi connectivity index (χ2v) is 3.16. The van der Waals surface area contributed by atoms with Crippen LogP contribution < -0.4 is 5.73 Å². The lowest BCUT2D eigenvalue weighted by atomic mass is 9.96. The summed E-state index contributed by atoms with van der Waals surface area (Å²) >= 11 is 0. The van der Waals surface area contributed by atoms with Gasteiger partial charge in [-0.2, -0.15) is 0 Å². The van der Waals surface area contributed by atoms with Gasteiger partial charge in [0.2, 0.25) is 0 Å². The third-order valence-corrected chi connectivity index (χ3v) is 2.27. The summed E-state index contributed by atoms with van der Waals surface area (Å²) in [5.41, 5.74) is 11.1. The molecule has 1 heteroatoms. The molecule has 0 fully saturated rings. The Morgan fingerprint density at radius 1 is 1.08 bits per heavy atom. The molecule has 0 amide bonds. The predicted octanol–water partition coefficient (Wildman–Crippen LogP) is 3.17. The van der Waals surface area contributed by atoms with Crippen LogP contribution in [0.15, 0.2) is 19.2 Å². The van der Waals surface area contributed by atoms with E-state index in [9.17, 15) is 0 Å². The molecule has 0 spiro atoms. The van der Waals surface area contributed by atoms with Crippen LogP contribution in [-0.2, 0) is 0 Å². The lowest BCUT2D eigenvalue weighted by molar-refractivity contribution is 1.36. The Bertz CT molecular complexity index is 362. The minimum absolute atomic E-state index is 0.801. The number of nitrogen functional groups attached to an aromatic ring is 1. The van der Waals surface area contributed by atoms with Gasteiger partial charge in [0.15, 0.2) is 0 Å². The highest BCUT2D eigenvalue weighted by atomic mass is 14.6. The summed E-state index contributed by atoms with van der Waals surface area (Å²) in [5, 5.41) is 0. The predicted molar refractivity (Wildman–Crippen MR) is 60.5 cm³/mol. The molecule has 0 bridgehead atoms. The van der Waals surface area contributed by atoms with E-state index in [1.807, 2.05) is 13.0 Å². The molecule has 0 saturated heterocycles. The van der Waals surface area contributed by atoms with E-state index >= 15 is 0 Å². The minimum Gasteiger partial charge on any atom is -0.398 e. The van der Waals surface area contributed by atoms with Crippen LogP contribution in [-0.4, -0.2) is 0 Å². The van der Waals surface area contributed by atoms with Crippen LogP contribution in [0.2, 0.25) is 0 Å². The van der Waals surface area contributed by atoms with Crippen LogP contribution in [0.4, 0.5) is 5.69 Å². The van der Waals surface area contributed by atoms with Crippen LogP contribution in [0.3, 0.4) is 0 Å². The van der Waals surface area contributed by atoms with Crippen LogP contribution >= 0.6 is 0 Å². The molecule has 0 heterocycles. The maximum Gasteiger partial charge on any atom is 0.0423 e. The van der Waals surface area contributed by atoms with Crippen molar-refractivity contribution < 1.29 is 0 Å². The summed E-state index contributed by atoms with van der Waals surface area (Å²) in [5.74, 6) is 0. The van der Waals surface area contributed by atoms with Crippen molar-refractivity contribution in [2.24, 2.45) is 0 Å². The van der Waals surface area contributed by atoms with E-state index < -0.39 is 0 Å². The van der Waals surface area contributed by atoms with Crippen LogP contribution in [0.5, 0.6) is 0 Å². The summed E-state index contributed by atoms with van der Waals surface area (Å²) in [4.78, 5) is 0. The number of hydrogen-bond donors (Lipinski definition) is 1. The molecule has 0 aliphatic carbocycles. The fraction of sp³-hybridized carbons (Fsp3) is 0.167. The lowest BCUT2D eigenvalue weighted by Gasteiger charge is -2.11. The quantitative estimate of drug-likeness (QED) is 0.683. The third kappa shape index (κ3) is 1.50. The molecule has 0 aliphatic rings. The van der Waals surface area contributed by atoms with Crippen LogP contribution in [0.25, 0.3) is 12.2 Å². The molecule has 0 saturated carbocycles. The van der Waals surface area contributed by atoms with Crippen molar-refractivity contribution in [2.45, 2.75) is 13.8 Å². The Kier molecular flexibility index (Phi) is 2.57. The molecular weight excluding hydrogens is 158 g/mol. The van der Waals surface area contributed by atoms with E-state index in [0.29, 0.717) is 0 Å². The number of rotatable bonds is 2. The van der Waals surface area contributed by atoms with Gasteiger partial charge in [-0.25, -0.2) is 0 Å². The van der Waals surface area contributed by atoms with Crippen molar-refractivity contribution in [3.63, 3.8) is 0 Å². The summed E-state index contributed by atoms with van der Waals surface area (Å²) in [6, 6.07) is 2.07. The fourth-order valence-corrected chi connectivity index (χ4v) is 1.54. The number of aryl methyl sites for hydroxylation is 2. The monoisotopic (exact) mass is 173 g/mol. The average molecular weight is 173 g/mol. The number of nitrogens with two attached hydrogens (primary N) is 1. The highest BCUT2D eigenvalue weighted by Crippen LogP contribution is 2.26. The number of benzene rings is 1. The van der Waals surface area contributed by atoms with E-state index in [1.165, 1.54) is 5.56 Å². The minimum atomic E-state index is 0.801. The Morgan fingerprint density at radius 3 is 2.08 bits per heavy atom. The summed E-state index contributed by atoms with van der Waals surface area (Å²) in [6.45, 7) is 11.6. The van der Waals surface area contributed by atoms with Gasteiger partial charge in [-0.05, 0) is 30.5 Å². The van der Waals surface area contributed by atoms with E-state index in [0.717, 1.165) is 22.4 Å². The summed E-state index contributed by atoms with van der Waals surface area (Å²) in [7, 11) is 0. The molecule has 68 valence electrons. The summed E-state index contributed by atoms with van der Waals surface area (Å²) < 4.78 is 0. The van der Waals surface area contributed by atoms with E-state index in [2.05, 4.69) is 26.1 Å². The molecule has 0 radical (unpaired) electrons. The van der Waals surface area contributed by atoms with Gasteiger partial charge in [-0.15, -0.1) is 0 Å². The molecule has 1 aromatic carbocycles. The standard InChI is InChI=1S/C12H15N/c1-5-10-8(3)7-9(4)12(13)11(10)6-2/h5-7H,1-2,13H2,3-4H3. The lowest BCUT2D eigenvalue weighted by Crippen LogP contribution is -1.98. The molecule has 13 heavy (non-hydrogen) atoms. The molecule has 1 aromatic rings. The molecule has 2 N–H and O–H groups in total. The SMILES string of the molecule is C=Cc1c(C)cc(C)c(N)c1C=C. The Morgan fingerprint density at radius 2 is 1.62 bits per heavy atom. The molecule has 0 unspecified atom stereocenters. The highest BCUT2D eigenvalue weighted by molar-refractivity contribution is 5.77. The molecule has 0 aliphatic heterocycles. The molecule has 0 aromatic heterocycles. The fourth-order valence-electron chi connectivity index (χ4n) is 1.54. The highest BCUT2D eigenvalue weighted by Gasteiger charge is 2.06. The molecule has 1 rings (SSSR count). The maximum atomic E-state index is 5.92. The first-order chi connectivity index (χ1) is 6.11. The first-order valence-corrected chi connectivity index (χ1v) is 4.26. The Labute approximate surface area is 79.6 Å². The second-order valence-electron chi connectivity index (χ2n) is 3.16. The van der Waals surface area contributed by atoms with Gasteiger partial charge in [0.05, 0.1) is 0 Å². The Hall–Kier alpha value is -1.50. The normalized spacial score (nSPS) is 9.69. The van der Waals surface area contributed by atoms with E-state index in [1.54, 1.807) is 6.08 Å². The maximum absolute atomic E-state index is 5.92. The second kappa shape index (κ2) is 3.48. The van der Waals surface area contributed by atoms with Crippen molar-refractivity contribution in [2.75, 3.05) is 5.73 Å². The smallest absolute Gasteiger partial charge is 0.0423 e. The molecule has 1 nitrogen and oxygen atoms in total. The molecule has 0 atom stereocenters. The van der Waals surface area contributed by atoms with Crippen molar-refractivity contribution in [3.05, 3.63) is 41.5 Å². The topological polar surface area (TPSA) is 26.0 Å². The zero-order valence-corrected chi connectivity index (χ0v) is 8.22. The first-order valence-electron chi connectivity index (χ1n) is 4.26. The van der Waals surface area contributed by atoms with Gasteiger partial charge in [0, 0.05) is 11.3 Å². The number of anilines is 1. The van der Waals surface area contributed by atoms with Crippen LogP contribution in [0.1, 0.15) is 22.3 Å².